The molecule has 5 aromatic rings. The van der Waals surface area contributed by atoms with Crippen LogP contribution in [0.4, 0.5) is 34.5 Å². The number of carbonyl (C=O) groups is 2. The van der Waals surface area contributed by atoms with Crippen LogP contribution >= 0.6 is 12.0 Å². The minimum Gasteiger partial charge on any atom is -0.418 e. The Bertz CT molecular complexity index is 2230. The molecule has 4 heterocycles. The number of piperidine rings is 1. The van der Waals surface area contributed by atoms with E-state index in [1.807, 2.05) is 85.5 Å². The lowest BCUT2D eigenvalue weighted by atomic mass is 10.0. The quantitative estimate of drug-likeness (QED) is 0.171. The second-order valence-electron chi connectivity index (χ2n) is 14.7. The average molecular weight is 758 g/mol. The number of hydrogen-bond acceptors (Lipinski definition) is 11. The Morgan fingerprint density at radius 2 is 1.58 bits per heavy atom. The molecule has 0 unspecified atom stereocenters. The Morgan fingerprint density at radius 1 is 0.836 bits per heavy atom. The first-order valence-electron chi connectivity index (χ1n) is 18.8. The predicted octanol–water partition coefficient (Wildman–Crippen LogP) is 6.74. The molecule has 2 fully saturated rings. The number of benzene rings is 4. The number of nitrogens with one attached hydrogen (secondary N) is 1. The fraction of sp³-hybridized carbons (Fsp3) is 0.333. The summed E-state index contributed by atoms with van der Waals surface area (Å²) in [5.74, 6) is 1.25. The highest BCUT2D eigenvalue weighted by Gasteiger charge is 2.31. The molecule has 0 radical (unpaired) electrons. The van der Waals surface area contributed by atoms with Gasteiger partial charge in [0.2, 0.25) is 5.95 Å². The van der Waals surface area contributed by atoms with Gasteiger partial charge in [-0.1, -0.05) is 36.4 Å². The van der Waals surface area contributed by atoms with Crippen LogP contribution in [-0.4, -0.2) is 117 Å². The molecule has 0 aliphatic carbocycles. The first-order valence-corrected chi connectivity index (χ1v) is 19.5. The normalized spacial score (nSPS) is 16.8. The van der Waals surface area contributed by atoms with Crippen molar-refractivity contribution in [3.05, 3.63) is 96.2 Å². The Hall–Kier alpha value is -5.37. The Labute approximate surface area is 326 Å². The number of fused-ring (bicyclic) bond motifs is 3. The maximum atomic E-state index is 14.0. The van der Waals surface area contributed by atoms with Gasteiger partial charge in [0.1, 0.15) is 5.69 Å². The number of likely N-dealkylation sites (tertiary alicyclic amines) is 1. The number of hydrogen-bond donors (Lipinski definition) is 1. The van der Waals surface area contributed by atoms with E-state index in [1.165, 1.54) is 12.0 Å². The van der Waals surface area contributed by atoms with Crippen molar-refractivity contribution in [2.75, 3.05) is 94.5 Å². The number of para-hydroxylation sites is 1. The summed E-state index contributed by atoms with van der Waals surface area (Å²) in [6, 6.07) is 26.0. The molecular formula is C42H47N9O3S. The molecule has 2 saturated heterocycles. The summed E-state index contributed by atoms with van der Waals surface area (Å²) in [6.45, 7) is 5.80. The molecule has 0 atom stereocenters. The van der Waals surface area contributed by atoms with Crippen molar-refractivity contribution in [1.29, 1.82) is 0 Å². The fourth-order valence-corrected chi connectivity index (χ4v) is 8.55. The van der Waals surface area contributed by atoms with Crippen LogP contribution in [0.25, 0.3) is 10.8 Å². The van der Waals surface area contributed by atoms with Crippen LogP contribution in [0.1, 0.15) is 33.6 Å². The SMILES string of the molecule is CN1CCN(C2CCN(C(=O)c3ccc(Nc4ncc5c(n4)N(C)c4ccccc4C(=O)N5C)c(OSc4cccc5c(N(C)C)cccc45)c3)CC2)CC1. The average Bonchev–Trinajstić information content (AvgIpc) is 3.29. The van der Waals surface area contributed by atoms with Gasteiger partial charge >= 0.3 is 0 Å². The summed E-state index contributed by atoms with van der Waals surface area (Å²) in [5.41, 5.74) is 4.21. The van der Waals surface area contributed by atoms with Gasteiger partial charge < -0.3 is 34.0 Å². The number of likely N-dealkylation sites (N-methyl/N-ethyl adjacent to an activating group) is 1. The summed E-state index contributed by atoms with van der Waals surface area (Å²) in [7, 11) is 9.89. The topological polar surface area (TPSA) is 101 Å². The molecule has 3 aliphatic heterocycles. The zero-order valence-electron chi connectivity index (χ0n) is 32.0. The highest BCUT2D eigenvalue weighted by molar-refractivity contribution is 7.95. The first-order chi connectivity index (χ1) is 26.7. The van der Waals surface area contributed by atoms with E-state index in [1.54, 1.807) is 18.1 Å². The lowest BCUT2D eigenvalue weighted by molar-refractivity contribution is 0.0518. The van der Waals surface area contributed by atoms with Crippen LogP contribution in [-0.2, 0) is 0 Å². The van der Waals surface area contributed by atoms with Crippen molar-refractivity contribution in [2.45, 2.75) is 23.8 Å². The minimum atomic E-state index is -0.131. The first kappa shape index (κ1) is 36.6. The number of anilines is 6. The molecule has 12 nitrogen and oxygen atoms in total. The van der Waals surface area contributed by atoms with Crippen LogP contribution < -0.4 is 24.2 Å². The van der Waals surface area contributed by atoms with Gasteiger partial charge in [0.25, 0.3) is 11.8 Å². The Morgan fingerprint density at radius 3 is 2.36 bits per heavy atom. The van der Waals surface area contributed by atoms with Gasteiger partial charge in [0.15, 0.2) is 11.6 Å². The number of nitrogens with zero attached hydrogens (tertiary/aromatic N) is 8. The van der Waals surface area contributed by atoms with Crippen LogP contribution in [0.3, 0.4) is 0 Å². The van der Waals surface area contributed by atoms with E-state index >= 15 is 0 Å². The van der Waals surface area contributed by atoms with Crippen molar-refractivity contribution >= 4 is 69.1 Å². The van der Waals surface area contributed by atoms with E-state index in [4.69, 9.17) is 9.17 Å². The molecule has 3 aliphatic rings. The molecule has 4 aromatic carbocycles. The van der Waals surface area contributed by atoms with Crippen LogP contribution in [0.2, 0.25) is 0 Å². The molecule has 55 heavy (non-hydrogen) atoms. The molecule has 0 saturated carbocycles. The maximum Gasteiger partial charge on any atom is 0.260 e. The van der Waals surface area contributed by atoms with Gasteiger partial charge in [0, 0.05) is 95.5 Å². The number of aromatic nitrogens is 2. The lowest BCUT2D eigenvalue weighted by Gasteiger charge is -2.42. The molecule has 0 spiro atoms. The second-order valence-corrected chi connectivity index (χ2v) is 15.5. The van der Waals surface area contributed by atoms with E-state index in [0.717, 1.165) is 79.2 Å². The lowest BCUT2D eigenvalue weighted by Crippen LogP contribution is -2.52. The standard InChI is InChI=1S/C42H47N9O3S/c1-46(2)34-14-8-12-31-30(34)11-9-15-38(31)55-54-37-26-28(40(52)51-20-18-29(19-21-51)50-24-22-47(3)23-25-50)16-17-33(37)44-42-43-27-36-39(45-42)48(4)35-13-7-6-10-32(35)41(53)49(36)5/h6-17,26-27,29H,18-25H2,1-5H3,(H,43,44,45). The van der Waals surface area contributed by atoms with Crippen LogP contribution in [0, 0.1) is 0 Å². The smallest absolute Gasteiger partial charge is 0.260 e. The highest BCUT2D eigenvalue weighted by atomic mass is 32.2. The van der Waals surface area contributed by atoms with Crippen LogP contribution in [0.15, 0.2) is 90.0 Å². The van der Waals surface area contributed by atoms with Gasteiger partial charge in [-0.3, -0.25) is 14.5 Å². The molecule has 0 bridgehead atoms. The molecule has 1 aromatic heterocycles. The summed E-state index contributed by atoms with van der Waals surface area (Å²) in [4.78, 5) is 50.4. The minimum absolute atomic E-state index is 0.00621. The Balaban J connectivity index is 1.08. The number of carbonyl (C=O) groups excluding carboxylic acids is 2. The molecule has 284 valence electrons. The molecular weight excluding hydrogens is 711 g/mol. The summed E-state index contributed by atoms with van der Waals surface area (Å²) in [5, 5.41) is 5.56. The van der Waals surface area contributed by atoms with Crippen molar-refractivity contribution in [3.8, 4) is 5.75 Å². The van der Waals surface area contributed by atoms with Crippen molar-refractivity contribution in [1.82, 2.24) is 24.7 Å². The van der Waals surface area contributed by atoms with Crippen molar-refractivity contribution in [3.63, 3.8) is 0 Å². The molecule has 2 amide bonds. The van der Waals surface area contributed by atoms with Gasteiger partial charge in [-0.2, -0.15) is 4.98 Å². The van der Waals surface area contributed by atoms with Crippen LogP contribution in [0.5, 0.6) is 5.75 Å². The zero-order valence-corrected chi connectivity index (χ0v) is 32.8. The molecule has 13 heteroatoms. The third-order valence-corrected chi connectivity index (χ3v) is 11.9. The van der Waals surface area contributed by atoms with Crippen molar-refractivity contribution < 1.29 is 13.8 Å². The van der Waals surface area contributed by atoms with Gasteiger partial charge in [-0.15, -0.1) is 0 Å². The second kappa shape index (κ2) is 15.4. The molecule has 8 rings (SSSR count). The highest BCUT2D eigenvalue weighted by Crippen LogP contribution is 2.40. The predicted molar refractivity (Wildman–Crippen MR) is 222 cm³/mol. The third-order valence-electron chi connectivity index (χ3n) is 11.1. The number of rotatable bonds is 8. The molecule has 1 N–H and O–H groups in total. The fourth-order valence-electron chi connectivity index (χ4n) is 7.83. The summed E-state index contributed by atoms with van der Waals surface area (Å²) < 4.78 is 6.56. The van der Waals surface area contributed by atoms with E-state index in [9.17, 15) is 9.59 Å². The third kappa shape index (κ3) is 7.27. The van der Waals surface area contributed by atoms with Gasteiger partial charge in [-0.05, 0) is 62.4 Å². The number of amides is 2. The van der Waals surface area contributed by atoms with Gasteiger partial charge in [-0.25, -0.2) is 4.98 Å². The van der Waals surface area contributed by atoms with E-state index in [-0.39, 0.29) is 11.8 Å². The van der Waals surface area contributed by atoms with E-state index < -0.39 is 0 Å². The zero-order chi connectivity index (χ0) is 38.2. The van der Waals surface area contributed by atoms with E-state index in [0.29, 0.717) is 46.1 Å². The van der Waals surface area contributed by atoms with E-state index in [2.05, 4.69) is 56.3 Å². The largest absolute Gasteiger partial charge is 0.418 e. The Kier molecular flexibility index (Phi) is 10.2. The maximum absolute atomic E-state index is 14.0. The van der Waals surface area contributed by atoms with Crippen molar-refractivity contribution in [2.24, 2.45) is 0 Å². The summed E-state index contributed by atoms with van der Waals surface area (Å²) in [6.07, 6.45) is 3.60. The monoisotopic (exact) mass is 757 g/mol. The summed E-state index contributed by atoms with van der Waals surface area (Å²) >= 11 is 1.25. The number of piperazine rings is 1. The van der Waals surface area contributed by atoms with Gasteiger partial charge in [0.05, 0.1) is 40.1 Å².